The molecule has 0 aliphatic carbocycles. The molecular formula is C27H34ClN7O3. The lowest BCUT2D eigenvalue weighted by Gasteiger charge is -2.38. The first kappa shape index (κ1) is 26.2. The number of rotatable bonds is 7. The minimum atomic E-state index is -0.311. The molecule has 2 aromatic heterocycles. The van der Waals surface area contributed by atoms with Crippen molar-refractivity contribution in [1.82, 2.24) is 25.2 Å². The summed E-state index contributed by atoms with van der Waals surface area (Å²) in [5, 5.41) is 10.5. The predicted octanol–water partition coefficient (Wildman–Crippen LogP) is 3.47. The quantitative estimate of drug-likeness (QED) is 0.418. The van der Waals surface area contributed by atoms with Gasteiger partial charge in [0.05, 0.1) is 11.7 Å². The molecule has 10 nitrogen and oxygen atoms in total. The summed E-state index contributed by atoms with van der Waals surface area (Å²) in [6.45, 7) is 7.68. The number of aromatic nitrogens is 3. The SMILES string of the molecule is CNC(=O)COc1cc2cc(Nc3nc(N4CCC5(CCNC5)CC4)ncc3Cl)ccc2n(C(C)C)c1=O. The van der Waals surface area contributed by atoms with Gasteiger partial charge in [0.15, 0.2) is 18.2 Å². The Morgan fingerprint density at radius 3 is 2.71 bits per heavy atom. The van der Waals surface area contributed by atoms with Crippen LogP contribution in [0.1, 0.15) is 39.2 Å². The van der Waals surface area contributed by atoms with E-state index in [4.69, 9.17) is 21.3 Å². The zero-order valence-corrected chi connectivity index (χ0v) is 22.8. The number of anilines is 3. The van der Waals surface area contributed by atoms with Gasteiger partial charge in [-0.1, -0.05) is 11.6 Å². The van der Waals surface area contributed by atoms with E-state index in [1.807, 2.05) is 32.0 Å². The van der Waals surface area contributed by atoms with Crippen molar-refractivity contribution in [3.8, 4) is 5.75 Å². The van der Waals surface area contributed by atoms with E-state index in [2.05, 4.69) is 25.8 Å². The third kappa shape index (κ3) is 5.28. The van der Waals surface area contributed by atoms with E-state index in [9.17, 15) is 9.59 Å². The number of benzene rings is 1. The fraction of sp³-hybridized carbons (Fsp3) is 0.481. The highest BCUT2D eigenvalue weighted by atomic mass is 35.5. The van der Waals surface area contributed by atoms with E-state index in [1.54, 1.807) is 16.8 Å². The number of nitrogens with zero attached hydrogens (tertiary/aromatic N) is 4. The summed E-state index contributed by atoms with van der Waals surface area (Å²) in [4.78, 5) is 36.2. The molecular weight excluding hydrogens is 506 g/mol. The molecule has 3 N–H and O–H groups in total. The first-order chi connectivity index (χ1) is 18.3. The molecule has 1 amide bonds. The Bertz CT molecular complexity index is 1390. The minimum absolute atomic E-state index is 0.102. The van der Waals surface area contributed by atoms with E-state index in [-0.39, 0.29) is 29.9 Å². The van der Waals surface area contributed by atoms with Crippen LogP contribution >= 0.6 is 11.6 Å². The van der Waals surface area contributed by atoms with Crippen LogP contribution in [-0.2, 0) is 4.79 Å². The molecule has 0 radical (unpaired) electrons. The molecule has 2 saturated heterocycles. The molecule has 4 heterocycles. The number of piperidine rings is 1. The van der Waals surface area contributed by atoms with Gasteiger partial charge in [-0.25, -0.2) is 4.98 Å². The molecule has 202 valence electrons. The maximum absolute atomic E-state index is 13.1. The normalized spacial score (nSPS) is 16.8. The minimum Gasteiger partial charge on any atom is -0.478 e. The van der Waals surface area contributed by atoms with E-state index < -0.39 is 0 Å². The number of nitrogens with one attached hydrogen (secondary N) is 3. The average Bonchev–Trinajstić information content (AvgIpc) is 3.36. The summed E-state index contributed by atoms with van der Waals surface area (Å²) in [5.74, 6) is 0.993. The number of ether oxygens (including phenoxy) is 1. The Hall–Kier alpha value is -3.37. The number of amides is 1. The number of carbonyl (C=O) groups excluding carboxylic acids is 1. The van der Waals surface area contributed by atoms with Crippen LogP contribution in [0.25, 0.3) is 10.9 Å². The molecule has 0 saturated carbocycles. The van der Waals surface area contributed by atoms with Gasteiger partial charge in [-0.3, -0.25) is 9.59 Å². The highest BCUT2D eigenvalue weighted by Crippen LogP contribution is 2.38. The molecule has 1 aromatic carbocycles. The lowest BCUT2D eigenvalue weighted by Crippen LogP contribution is -2.42. The fourth-order valence-corrected chi connectivity index (χ4v) is 5.51. The van der Waals surface area contributed by atoms with Crippen molar-refractivity contribution in [2.24, 2.45) is 5.41 Å². The topological polar surface area (TPSA) is 113 Å². The largest absolute Gasteiger partial charge is 0.478 e. The van der Waals surface area contributed by atoms with E-state index in [0.29, 0.717) is 22.2 Å². The van der Waals surface area contributed by atoms with Crippen molar-refractivity contribution < 1.29 is 9.53 Å². The summed E-state index contributed by atoms with van der Waals surface area (Å²) in [5.41, 5.74) is 1.65. The average molecular weight is 540 g/mol. The van der Waals surface area contributed by atoms with Gasteiger partial charge in [-0.2, -0.15) is 4.98 Å². The van der Waals surface area contributed by atoms with E-state index in [0.717, 1.165) is 55.6 Å². The van der Waals surface area contributed by atoms with Gasteiger partial charge in [0.1, 0.15) is 5.02 Å². The van der Waals surface area contributed by atoms with Gasteiger partial charge in [-0.05, 0) is 69.3 Å². The number of pyridine rings is 1. The summed E-state index contributed by atoms with van der Waals surface area (Å²) in [6.07, 6.45) is 5.12. The van der Waals surface area contributed by atoms with Gasteiger partial charge >= 0.3 is 0 Å². The maximum Gasteiger partial charge on any atom is 0.293 e. The third-order valence-electron chi connectivity index (χ3n) is 7.59. The monoisotopic (exact) mass is 539 g/mol. The molecule has 0 unspecified atom stereocenters. The van der Waals surface area contributed by atoms with Gasteiger partial charge in [-0.15, -0.1) is 0 Å². The molecule has 3 aromatic rings. The highest BCUT2D eigenvalue weighted by Gasteiger charge is 2.37. The Labute approximate surface area is 226 Å². The highest BCUT2D eigenvalue weighted by molar-refractivity contribution is 6.32. The molecule has 2 fully saturated rings. The van der Waals surface area contributed by atoms with Crippen molar-refractivity contribution in [2.45, 2.75) is 39.2 Å². The molecule has 38 heavy (non-hydrogen) atoms. The van der Waals surface area contributed by atoms with Crippen molar-refractivity contribution in [1.29, 1.82) is 0 Å². The second-order valence-corrected chi connectivity index (χ2v) is 10.8. The van der Waals surface area contributed by atoms with Crippen molar-refractivity contribution in [2.75, 3.05) is 50.1 Å². The van der Waals surface area contributed by atoms with Crippen molar-refractivity contribution in [3.05, 3.63) is 45.8 Å². The Morgan fingerprint density at radius 1 is 1.24 bits per heavy atom. The molecule has 0 bridgehead atoms. The van der Waals surface area contributed by atoms with Crippen LogP contribution < -0.4 is 31.1 Å². The second kappa shape index (κ2) is 10.8. The Balaban J connectivity index is 1.40. The van der Waals surface area contributed by atoms with Gasteiger partial charge < -0.3 is 30.2 Å². The number of hydrogen-bond acceptors (Lipinski definition) is 8. The lowest BCUT2D eigenvalue weighted by molar-refractivity contribution is -0.122. The number of fused-ring (bicyclic) bond motifs is 1. The molecule has 11 heteroatoms. The molecule has 5 rings (SSSR count). The number of likely N-dealkylation sites (N-methyl/N-ethyl adjacent to an activating group) is 1. The van der Waals surface area contributed by atoms with Crippen LogP contribution in [0, 0.1) is 5.41 Å². The van der Waals surface area contributed by atoms with Gasteiger partial charge in [0, 0.05) is 43.8 Å². The van der Waals surface area contributed by atoms with Crippen LogP contribution in [0.5, 0.6) is 5.75 Å². The van der Waals surface area contributed by atoms with Gasteiger partial charge in [0.2, 0.25) is 5.95 Å². The zero-order chi connectivity index (χ0) is 26.9. The molecule has 1 spiro atoms. The van der Waals surface area contributed by atoms with Crippen LogP contribution in [0.3, 0.4) is 0 Å². The van der Waals surface area contributed by atoms with Crippen LogP contribution in [-0.4, -0.2) is 60.3 Å². The zero-order valence-electron chi connectivity index (χ0n) is 22.0. The summed E-state index contributed by atoms with van der Waals surface area (Å²) in [6, 6.07) is 7.25. The standard InChI is InChI=1S/C27H34ClN7O3/c1-17(2)35-21-5-4-19(12-18(21)13-22(25(35)37)38-15-23(36)29-3)32-24-20(28)14-31-26(33-24)34-10-7-27(8-11-34)6-9-30-16-27/h4-5,12-14,17,30H,6-11,15-16H2,1-3H3,(H,29,36)(H,31,32,33). The van der Waals surface area contributed by atoms with E-state index >= 15 is 0 Å². The number of hydrogen-bond donors (Lipinski definition) is 3. The van der Waals surface area contributed by atoms with Crippen molar-refractivity contribution in [3.63, 3.8) is 0 Å². The van der Waals surface area contributed by atoms with Crippen LogP contribution in [0.15, 0.2) is 35.3 Å². The van der Waals surface area contributed by atoms with Crippen LogP contribution in [0.2, 0.25) is 5.02 Å². The fourth-order valence-electron chi connectivity index (χ4n) is 5.37. The number of halogens is 1. The van der Waals surface area contributed by atoms with E-state index in [1.165, 1.54) is 13.5 Å². The van der Waals surface area contributed by atoms with Crippen molar-refractivity contribution >= 4 is 45.9 Å². The predicted molar refractivity (Wildman–Crippen MR) is 150 cm³/mol. The smallest absolute Gasteiger partial charge is 0.293 e. The van der Waals surface area contributed by atoms with Crippen LogP contribution in [0.4, 0.5) is 17.5 Å². The Kier molecular flexibility index (Phi) is 7.45. The molecule has 0 atom stereocenters. The lowest BCUT2D eigenvalue weighted by atomic mass is 9.78. The maximum atomic E-state index is 13.1. The third-order valence-corrected chi connectivity index (χ3v) is 7.87. The summed E-state index contributed by atoms with van der Waals surface area (Å²) in [7, 11) is 1.52. The summed E-state index contributed by atoms with van der Waals surface area (Å²) < 4.78 is 7.23. The molecule has 2 aliphatic heterocycles. The first-order valence-corrected chi connectivity index (χ1v) is 13.4. The Morgan fingerprint density at radius 2 is 2.03 bits per heavy atom. The van der Waals surface area contributed by atoms with Gasteiger partial charge in [0.25, 0.3) is 11.5 Å². The summed E-state index contributed by atoms with van der Waals surface area (Å²) >= 11 is 6.48. The first-order valence-electron chi connectivity index (χ1n) is 13.1. The number of carbonyl (C=O) groups is 1. The second-order valence-electron chi connectivity index (χ2n) is 10.4. The molecule has 2 aliphatic rings.